The summed E-state index contributed by atoms with van der Waals surface area (Å²) in [4.78, 5) is 0. The number of hydrogen-bond donors (Lipinski definition) is 0. The summed E-state index contributed by atoms with van der Waals surface area (Å²) in [6.07, 6.45) is 2.06. The van der Waals surface area contributed by atoms with Crippen LogP contribution < -0.4 is 0 Å². The maximum Gasteiger partial charge on any atom is 0.0916 e. The molecule has 0 saturated carbocycles. The van der Waals surface area contributed by atoms with E-state index in [2.05, 4.69) is 13.0 Å². The minimum Gasteiger partial charge on any atom is -0.197 e. The molecule has 0 aromatic heterocycles. The van der Waals surface area contributed by atoms with E-state index in [1.807, 2.05) is 0 Å². The van der Waals surface area contributed by atoms with Gasteiger partial charge < -0.3 is 0 Å². The van der Waals surface area contributed by atoms with Gasteiger partial charge in [0, 0.05) is 11.6 Å². The van der Waals surface area contributed by atoms with Crippen molar-refractivity contribution in [1.82, 2.24) is 0 Å². The molecule has 0 bridgehead atoms. The third-order valence-corrected chi connectivity index (χ3v) is 2.69. The average molecular weight is 178 g/mol. The van der Waals surface area contributed by atoms with E-state index >= 15 is 0 Å². The molecule has 0 N–H and O–H groups in total. The topological polar surface area (TPSA) is 23.8 Å². The zero-order valence-corrected chi connectivity index (χ0v) is 7.71. The number of thioether (sulfide) groups is 1. The molecule has 0 aromatic rings. The van der Waals surface area contributed by atoms with Gasteiger partial charge in [0.25, 0.3) is 0 Å². The number of alkyl halides is 1. The first kappa shape index (κ1) is 10.1. The molecule has 0 spiro atoms. The van der Waals surface area contributed by atoms with Crippen molar-refractivity contribution in [2.45, 2.75) is 25.0 Å². The third-order valence-electron chi connectivity index (χ3n) is 1.09. The van der Waals surface area contributed by atoms with Crippen molar-refractivity contribution in [1.29, 1.82) is 5.26 Å². The molecule has 3 heteroatoms. The van der Waals surface area contributed by atoms with Crippen molar-refractivity contribution in [3.8, 4) is 6.07 Å². The van der Waals surface area contributed by atoms with Crippen molar-refractivity contribution in [2.24, 2.45) is 0 Å². The van der Waals surface area contributed by atoms with Gasteiger partial charge in [-0.25, -0.2) is 0 Å². The van der Waals surface area contributed by atoms with E-state index in [0.717, 1.165) is 18.6 Å². The minimum absolute atomic E-state index is 0.156. The molecule has 0 fully saturated rings. The van der Waals surface area contributed by atoms with Crippen LogP contribution in [0.25, 0.3) is 0 Å². The molecule has 0 aliphatic rings. The molecular formula is C7H12ClNS. The fraction of sp³-hybridized carbons (Fsp3) is 0.857. The lowest BCUT2D eigenvalue weighted by Gasteiger charge is -2.03. The first-order valence-corrected chi connectivity index (χ1v) is 5.00. The molecule has 0 heterocycles. The van der Waals surface area contributed by atoms with Gasteiger partial charge >= 0.3 is 0 Å². The Morgan fingerprint density at radius 1 is 1.70 bits per heavy atom. The van der Waals surface area contributed by atoms with E-state index in [4.69, 9.17) is 16.9 Å². The van der Waals surface area contributed by atoms with E-state index in [0.29, 0.717) is 5.88 Å². The molecular weight excluding hydrogens is 166 g/mol. The molecule has 1 atom stereocenters. The molecule has 0 aromatic carbocycles. The summed E-state index contributed by atoms with van der Waals surface area (Å²) in [5.41, 5.74) is 0. The van der Waals surface area contributed by atoms with Gasteiger partial charge in [-0.1, -0.05) is 13.3 Å². The lowest BCUT2D eigenvalue weighted by Crippen LogP contribution is -1.99. The van der Waals surface area contributed by atoms with Crippen LogP contribution in [0.5, 0.6) is 0 Å². The summed E-state index contributed by atoms with van der Waals surface area (Å²) >= 11 is 7.13. The quantitative estimate of drug-likeness (QED) is 0.603. The number of halogens is 1. The van der Waals surface area contributed by atoms with Crippen LogP contribution in [0.2, 0.25) is 0 Å². The Morgan fingerprint density at radius 3 is 2.80 bits per heavy atom. The van der Waals surface area contributed by atoms with E-state index in [1.165, 1.54) is 0 Å². The van der Waals surface area contributed by atoms with Crippen molar-refractivity contribution >= 4 is 23.4 Å². The fourth-order valence-corrected chi connectivity index (χ4v) is 1.75. The summed E-state index contributed by atoms with van der Waals surface area (Å²) in [6, 6.07) is 2.24. The highest BCUT2D eigenvalue weighted by Crippen LogP contribution is 2.15. The Morgan fingerprint density at radius 2 is 2.40 bits per heavy atom. The van der Waals surface area contributed by atoms with Crippen LogP contribution in [0.15, 0.2) is 0 Å². The van der Waals surface area contributed by atoms with Crippen LogP contribution in [0.3, 0.4) is 0 Å². The largest absolute Gasteiger partial charge is 0.197 e. The molecule has 0 rings (SSSR count). The lowest BCUT2D eigenvalue weighted by atomic mass is 10.3. The predicted octanol–water partition coefficient (Wildman–Crippen LogP) is 2.65. The molecule has 0 aliphatic carbocycles. The molecule has 0 saturated heterocycles. The van der Waals surface area contributed by atoms with Gasteiger partial charge in [-0.2, -0.15) is 5.26 Å². The summed E-state index contributed by atoms with van der Waals surface area (Å²) in [5.74, 6) is 1.53. The molecule has 0 radical (unpaired) electrons. The van der Waals surface area contributed by atoms with Gasteiger partial charge in [0.1, 0.15) is 0 Å². The van der Waals surface area contributed by atoms with E-state index in [1.54, 1.807) is 11.8 Å². The van der Waals surface area contributed by atoms with Gasteiger partial charge in [-0.3, -0.25) is 0 Å². The maximum absolute atomic E-state index is 8.57. The Kier molecular flexibility index (Phi) is 7.33. The second-order valence-corrected chi connectivity index (χ2v) is 3.65. The van der Waals surface area contributed by atoms with Crippen molar-refractivity contribution in [3.05, 3.63) is 0 Å². The number of nitriles is 1. The highest BCUT2D eigenvalue weighted by molar-refractivity contribution is 8.00. The first-order chi connectivity index (χ1) is 4.85. The number of hydrogen-bond acceptors (Lipinski definition) is 2. The highest BCUT2D eigenvalue weighted by atomic mass is 35.5. The molecule has 1 nitrogen and oxygen atoms in total. The molecule has 0 aliphatic heterocycles. The van der Waals surface area contributed by atoms with E-state index < -0.39 is 0 Å². The first-order valence-electron chi connectivity index (χ1n) is 3.42. The van der Waals surface area contributed by atoms with Crippen LogP contribution in [-0.2, 0) is 0 Å². The number of rotatable bonds is 5. The van der Waals surface area contributed by atoms with Crippen LogP contribution in [-0.4, -0.2) is 16.9 Å². The average Bonchev–Trinajstić information content (AvgIpc) is 1.98. The second kappa shape index (κ2) is 7.24. The standard InChI is InChI=1S/C7H12ClNS/c1-2-3-7(6-9)10-5-4-8/h7H,2-5H2,1H3/t7-/m0/s1. The lowest BCUT2D eigenvalue weighted by molar-refractivity contribution is 0.834. The fourth-order valence-electron chi connectivity index (χ4n) is 0.634. The monoisotopic (exact) mass is 177 g/mol. The zero-order chi connectivity index (χ0) is 7.82. The smallest absolute Gasteiger partial charge is 0.0916 e. The SMILES string of the molecule is CCC[C@@H](C#N)SCCCl. The van der Waals surface area contributed by atoms with Crippen molar-refractivity contribution in [3.63, 3.8) is 0 Å². The summed E-state index contributed by atoms with van der Waals surface area (Å²) in [7, 11) is 0. The zero-order valence-electron chi connectivity index (χ0n) is 6.14. The summed E-state index contributed by atoms with van der Waals surface area (Å²) in [5, 5.41) is 8.73. The Hall–Kier alpha value is 0.130. The third kappa shape index (κ3) is 4.96. The van der Waals surface area contributed by atoms with Gasteiger partial charge in [0.05, 0.1) is 11.3 Å². The molecule has 0 amide bonds. The van der Waals surface area contributed by atoms with Gasteiger partial charge in [-0.05, 0) is 6.42 Å². The summed E-state index contributed by atoms with van der Waals surface area (Å²) in [6.45, 7) is 2.09. The maximum atomic E-state index is 8.57. The number of nitrogens with zero attached hydrogens (tertiary/aromatic N) is 1. The van der Waals surface area contributed by atoms with Gasteiger partial charge in [-0.15, -0.1) is 23.4 Å². The summed E-state index contributed by atoms with van der Waals surface area (Å²) < 4.78 is 0. The van der Waals surface area contributed by atoms with Crippen LogP contribution >= 0.6 is 23.4 Å². The highest BCUT2D eigenvalue weighted by Gasteiger charge is 2.04. The van der Waals surface area contributed by atoms with Gasteiger partial charge in [0.15, 0.2) is 0 Å². The van der Waals surface area contributed by atoms with Crippen LogP contribution in [0.1, 0.15) is 19.8 Å². The Labute approximate surface area is 71.7 Å². The minimum atomic E-state index is 0.156. The van der Waals surface area contributed by atoms with E-state index in [9.17, 15) is 0 Å². The Balaban J connectivity index is 3.33. The predicted molar refractivity (Wildman–Crippen MR) is 47.5 cm³/mol. The van der Waals surface area contributed by atoms with Crippen LogP contribution in [0.4, 0.5) is 0 Å². The van der Waals surface area contributed by atoms with Gasteiger partial charge in [0.2, 0.25) is 0 Å². The van der Waals surface area contributed by atoms with E-state index in [-0.39, 0.29) is 5.25 Å². The second-order valence-electron chi connectivity index (χ2n) is 1.97. The van der Waals surface area contributed by atoms with Crippen molar-refractivity contribution < 1.29 is 0 Å². The van der Waals surface area contributed by atoms with Crippen LogP contribution in [0, 0.1) is 11.3 Å². The van der Waals surface area contributed by atoms with Crippen molar-refractivity contribution in [2.75, 3.05) is 11.6 Å². The molecule has 10 heavy (non-hydrogen) atoms. The molecule has 0 unspecified atom stereocenters. The Bertz CT molecular complexity index is 111. The molecule has 58 valence electrons. The normalized spacial score (nSPS) is 12.5.